The van der Waals surface area contributed by atoms with Crippen LogP contribution in [-0.2, 0) is 0 Å². The molecule has 96 valence electrons. The van der Waals surface area contributed by atoms with Gasteiger partial charge in [-0.05, 0) is 12.1 Å². The zero-order chi connectivity index (χ0) is 13.5. The highest BCUT2D eigenvalue weighted by Crippen LogP contribution is 2.25. The summed E-state index contributed by atoms with van der Waals surface area (Å²) in [6.07, 6.45) is 1.88. The van der Waals surface area contributed by atoms with Crippen molar-refractivity contribution in [2.75, 3.05) is 0 Å². The number of carbonyl (C=O) groups is 1. The second kappa shape index (κ2) is 4.28. The number of fused-ring (bicyclic) bond motifs is 3. The molecule has 0 fully saturated rings. The normalized spacial score (nSPS) is 11.2. The number of aromatic nitrogens is 2. The van der Waals surface area contributed by atoms with Crippen LogP contribution in [0, 0.1) is 0 Å². The summed E-state index contributed by atoms with van der Waals surface area (Å²) in [5, 5.41) is 0. The minimum atomic E-state index is 0.0465. The van der Waals surface area contributed by atoms with Crippen molar-refractivity contribution in [2.45, 2.75) is 0 Å². The molecule has 0 saturated carbocycles. The van der Waals surface area contributed by atoms with Gasteiger partial charge in [0.05, 0.1) is 15.9 Å². The number of nitrogens with zero attached hydrogens (tertiary/aromatic N) is 2. The highest BCUT2D eigenvalue weighted by Gasteiger charge is 2.15. The fraction of sp³-hybridized carbons (Fsp3) is 0. The fourth-order valence-electron chi connectivity index (χ4n) is 2.30. The molecule has 0 aliphatic carbocycles. The van der Waals surface area contributed by atoms with Crippen molar-refractivity contribution in [1.29, 1.82) is 0 Å². The second-order valence-electron chi connectivity index (χ2n) is 4.54. The molecular weight excluding hydrogens is 268 g/mol. The van der Waals surface area contributed by atoms with Crippen LogP contribution in [0.3, 0.4) is 0 Å². The summed E-state index contributed by atoms with van der Waals surface area (Å²) < 4.78 is 1.98. The molecule has 20 heavy (non-hydrogen) atoms. The molecule has 2 heterocycles. The molecule has 0 N–H and O–H groups in total. The highest BCUT2D eigenvalue weighted by atomic mass is 32.1. The Bertz CT molecular complexity index is 921. The van der Waals surface area contributed by atoms with Crippen molar-refractivity contribution >= 4 is 33.1 Å². The van der Waals surface area contributed by atoms with Crippen molar-refractivity contribution in [1.82, 2.24) is 9.38 Å². The lowest BCUT2D eigenvalue weighted by Crippen LogP contribution is -1.97. The van der Waals surface area contributed by atoms with E-state index >= 15 is 0 Å². The van der Waals surface area contributed by atoms with Crippen LogP contribution in [0.1, 0.15) is 15.2 Å². The second-order valence-corrected chi connectivity index (χ2v) is 5.55. The lowest BCUT2D eigenvalue weighted by Gasteiger charge is -1.96. The highest BCUT2D eigenvalue weighted by molar-refractivity contribution is 7.19. The maximum atomic E-state index is 12.4. The Kier molecular flexibility index (Phi) is 2.44. The number of hydrogen-bond acceptors (Lipinski definition) is 3. The number of imidazole rings is 1. The number of para-hydroxylation sites is 2. The van der Waals surface area contributed by atoms with Gasteiger partial charge in [-0.1, -0.05) is 53.8 Å². The third-order valence-electron chi connectivity index (χ3n) is 3.27. The van der Waals surface area contributed by atoms with Crippen LogP contribution in [0.15, 0.2) is 60.8 Å². The van der Waals surface area contributed by atoms with E-state index in [0.717, 1.165) is 16.0 Å². The monoisotopic (exact) mass is 278 g/mol. The van der Waals surface area contributed by atoms with Crippen molar-refractivity contribution < 1.29 is 4.79 Å². The van der Waals surface area contributed by atoms with E-state index < -0.39 is 0 Å². The summed E-state index contributed by atoms with van der Waals surface area (Å²) in [6.45, 7) is 0. The van der Waals surface area contributed by atoms with Crippen molar-refractivity contribution in [3.63, 3.8) is 0 Å². The summed E-state index contributed by atoms with van der Waals surface area (Å²) in [6, 6.07) is 17.3. The third-order valence-corrected chi connectivity index (χ3v) is 4.25. The van der Waals surface area contributed by atoms with Gasteiger partial charge in [0.2, 0.25) is 5.78 Å². The molecule has 0 radical (unpaired) electrons. The molecule has 3 nitrogen and oxygen atoms in total. The van der Waals surface area contributed by atoms with Gasteiger partial charge in [-0.2, -0.15) is 0 Å². The molecule has 4 rings (SSSR count). The zero-order valence-corrected chi connectivity index (χ0v) is 11.3. The molecular formula is C16H10N2OS. The van der Waals surface area contributed by atoms with Crippen LogP contribution in [-0.4, -0.2) is 15.2 Å². The first-order valence-corrected chi connectivity index (χ1v) is 7.11. The molecule has 0 atom stereocenters. The smallest absolute Gasteiger partial charge is 0.204 e. The molecule has 4 heteroatoms. The quantitative estimate of drug-likeness (QED) is 0.523. The Morgan fingerprint density at radius 2 is 1.75 bits per heavy atom. The number of rotatable bonds is 2. The Hall–Kier alpha value is -2.46. The molecule has 0 aliphatic heterocycles. The lowest BCUT2D eigenvalue weighted by molar-refractivity contribution is 0.104. The topological polar surface area (TPSA) is 34.4 Å². The van der Waals surface area contributed by atoms with E-state index in [2.05, 4.69) is 4.98 Å². The number of thiazole rings is 1. The largest absolute Gasteiger partial charge is 0.289 e. The van der Waals surface area contributed by atoms with E-state index in [0.29, 0.717) is 10.4 Å². The molecule has 2 aromatic heterocycles. The predicted octanol–water partition coefficient (Wildman–Crippen LogP) is 3.78. The molecule has 0 spiro atoms. The summed E-state index contributed by atoms with van der Waals surface area (Å²) in [5.74, 6) is 0.0465. The Morgan fingerprint density at radius 3 is 2.60 bits per heavy atom. The fourth-order valence-corrected chi connectivity index (χ4v) is 3.26. The van der Waals surface area contributed by atoms with Gasteiger partial charge in [-0.25, -0.2) is 4.98 Å². The van der Waals surface area contributed by atoms with Crippen LogP contribution in [0.4, 0.5) is 0 Å². The standard InChI is InChI=1S/C16H10N2OS/c19-15(11-6-2-1-3-7-11)14-10-18-13-9-5-4-8-12(13)17-16(18)20-14/h1-10H. The first-order chi connectivity index (χ1) is 9.83. The average Bonchev–Trinajstić information content (AvgIpc) is 3.05. The molecule has 0 unspecified atom stereocenters. The SMILES string of the molecule is O=C(c1ccccc1)c1cn2c(nc3ccccc32)s1. The van der Waals surface area contributed by atoms with Crippen molar-refractivity contribution in [3.8, 4) is 0 Å². The number of ketones is 1. The Morgan fingerprint density at radius 1 is 1.00 bits per heavy atom. The van der Waals surface area contributed by atoms with Crippen molar-refractivity contribution in [3.05, 3.63) is 71.2 Å². The van der Waals surface area contributed by atoms with Crippen LogP contribution < -0.4 is 0 Å². The Labute approximate surface area is 119 Å². The summed E-state index contributed by atoms with van der Waals surface area (Å²) in [5.41, 5.74) is 2.70. The van der Waals surface area contributed by atoms with Gasteiger partial charge in [-0.15, -0.1) is 0 Å². The van der Waals surface area contributed by atoms with Crippen LogP contribution in [0.2, 0.25) is 0 Å². The minimum Gasteiger partial charge on any atom is -0.289 e. The van der Waals surface area contributed by atoms with E-state index in [-0.39, 0.29) is 5.78 Å². The summed E-state index contributed by atoms with van der Waals surface area (Å²) in [4.78, 5) is 18.5. The molecule has 4 aromatic rings. The maximum absolute atomic E-state index is 12.4. The van der Waals surface area contributed by atoms with Crippen LogP contribution in [0.25, 0.3) is 16.0 Å². The van der Waals surface area contributed by atoms with Gasteiger partial charge in [0.25, 0.3) is 0 Å². The molecule has 2 aromatic carbocycles. The maximum Gasteiger partial charge on any atom is 0.204 e. The number of benzene rings is 2. The first kappa shape index (κ1) is 11.4. The van der Waals surface area contributed by atoms with Crippen LogP contribution in [0.5, 0.6) is 0 Å². The van der Waals surface area contributed by atoms with Crippen LogP contribution >= 0.6 is 11.3 Å². The van der Waals surface area contributed by atoms with Gasteiger partial charge in [0.15, 0.2) is 4.96 Å². The molecule has 0 amide bonds. The molecule has 0 bridgehead atoms. The van der Waals surface area contributed by atoms with Gasteiger partial charge >= 0.3 is 0 Å². The number of hydrogen-bond donors (Lipinski definition) is 0. The van der Waals surface area contributed by atoms with Gasteiger partial charge in [-0.3, -0.25) is 9.20 Å². The lowest BCUT2D eigenvalue weighted by atomic mass is 10.1. The Balaban J connectivity index is 1.87. The molecule has 0 aliphatic rings. The predicted molar refractivity (Wildman–Crippen MR) is 80.4 cm³/mol. The average molecular weight is 278 g/mol. The van der Waals surface area contributed by atoms with E-state index in [4.69, 9.17) is 0 Å². The van der Waals surface area contributed by atoms with E-state index in [1.807, 2.05) is 65.2 Å². The minimum absolute atomic E-state index is 0.0465. The van der Waals surface area contributed by atoms with Gasteiger partial charge in [0.1, 0.15) is 0 Å². The van der Waals surface area contributed by atoms with Gasteiger partial charge in [0, 0.05) is 11.8 Å². The zero-order valence-electron chi connectivity index (χ0n) is 10.5. The van der Waals surface area contributed by atoms with E-state index in [1.54, 1.807) is 0 Å². The first-order valence-electron chi connectivity index (χ1n) is 6.29. The van der Waals surface area contributed by atoms with Crippen molar-refractivity contribution in [2.24, 2.45) is 0 Å². The van der Waals surface area contributed by atoms with E-state index in [1.165, 1.54) is 11.3 Å². The van der Waals surface area contributed by atoms with E-state index in [9.17, 15) is 4.79 Å². The van der Waals surface area contributed by atoms with Gasteiger partial charge < -0.3 is 0 Å². The third kappa shape index (κ3) is 1.66. The summed E-state index contributed by atoms with van der Waals surface area (Å²) in [7, 11) is 0. The summed E-state index contributed by atoms with van der Waals surface area (Å²) >= 11 is 1.43. The molecule has 0 saturated heterocycles. The number of carbonyl (C=O) groups excluding carboxylic acids is 1.